The molecule has 0 spiro atoms. The van der Waals surface area contributed by atoms with Crippen LogP contribution < -0.4 is 4.74 Å². The number of hydrogen-bond acceptors (Lipinski definition) is 3. The summed E-state index contributed by atoms with van der Waals surface area (Å²) in [6.07, 6.45) is 0.439. The second-order valence-corrected chi connectivity index (χ2v) is 4.82. The SMILES string of the molecule is COCC(O)(Cc1ccccc1OC)c1ccccc1. The predicted molar refractivity (Wildman–Crippen MR) is 78.9 cm³/mol. The molecule has 0 heterocycles. The molecule has 106 valence electrons. The molecule has 1 unspecified atom stereocenters. The number of aliphatic hydroxyl groups is 1. The van der Waals surface area contributed by atoms with Crippen LogP contribution in [0.1, 0.15) is 11.1 Å². The molecule has 3 nitrogen and oxygen atoms in total. The van der Waals surface area contributed by atoms with Crippen molar-refractivity contribution < 1.29 is 14.6 Å². The fourth-order valence-corrected chi connectivity index (χ4v) is 2.39. The molecule has 2 aromatic carbocycles. The highest BCUT2D eigenvalue weighted by Gasteiger charge is 2.30. The summed E-state index contributed by atoms with van der Waals surface area (Å²) in [5.74, 6) is 0.776. The molecule has 0 amide bonds. The van der Waals surface area contributed by atoms with E-state index in [0.29, 0.717) is 6.42 Å². The van der Waals surface area contributed by atoms with Crippen LogP contribution in [0.15, 0.2) is 54.6 Å². The fourth-order valence-electron chi connectivity index (χ4n) is 2.39. The molecule has 20 heavy (non-hydrogen) atoms. The van der Waals surface area contributed by atoms with Gasteiger partial charge in [0.1, 0.15) is 11.4 Å². The molecule has 0 fully saturated rings. The molecule has 0 saturated carbocycles. The monoisotopic (exact) mass is 272 g/mol. The maximum Gasteiger partial charge on any atom is 0.122 e. The molecule has 0 aromatic heterocycles. The first kappa shape index (κ1) is 14.6. The van der Waals surface area contributed by atoms with E-state index in [1.807, 2.05) is 54.6 Å². The summed E-state index contributed by atoms with van der Waals surface area (Å²) in [5.41, 5.74) is 0.733. The van der Waals surface area contributed by atoms with Gasteiger partial charge in [0, 0.05) is 13.5 Å². The van der Waals surface area contributed by atoms with Crippen molar-refractivity contribution in [2.75, 3.05) is 20.8 Å². The Morgan fingerprint density at radius 3 is 2.25 bits per heavy atom. The molecule has 3 heteroatoms. The van der Waals surface area contributed by atoms with Crippen LogP contribution in [0.3, 0.4) is 0 Å². The third-order valence-electron chi connectivity index (χ3n) is 3.37. The quantitative estimate of drug-likeness (QED) is 0.879. The van der Waals surface area contributed by atoms with Crippen LogP contribution >= 0.6 is 0 Å². The van der Waals surface area contributed by atoms with E-state index in [4.69, 9.17) is 9.47 Å². The summed E-state index contributed by atoms with van der Waals surface area (Å²) in [4.78, 5) is 0. The number of ether oxygens (including phenoxy) is 2. The largest absolute Gasteiger partial charge is 0.496 e. The van der Waals surface area contributed by atoms with Crippen LogP contribution in [-0.2, 0) is 16.8 Å². The Balaban J connectivity index is 2.34. The molecule has 0 bridgehead atoms. The number of rotatable bonds is 6. The summed E-state index contributed by atoms with van der Waals surface area (Å²) in [5, 5.41) is 11.0. The average Bonchev–Trinajstić information content (AvgIpc) is 2.49. The fraction of sp³-hybridized carbons (Fsp3) is 0.294. The van der Waals surface area contributed by atoms with Crippen LogP contribution in [0.25, 0.3) is 0 Å². The van der Waals surface area contributed by atoms with E-state index < -0.39 is 5.60 Å². The van der Waals surface area contributed by atoms with Crippen molar-refractivity contribution in [2.45, 2.75) is 12.0 Å². The lowest BCUT2D eigenvalue weighted by molar-refractivity contribution is -0.0358. The number of methoxy groups -OCH3 is 2. The van der Waals surface area contributed by atoms with Crippen LogP contribution in [0.5, 0.6) is 5.75 Å². The maximum absolute atomic E-state index is 11.0. The molecule has 0 aliphatic carbocycles. The van der Waals surface area contributed by atoms with Crippen LogP contribution in [0.2, 0.25) is 0 Å². The van der Waals surface area contributed by atoms with E-state index in [2.05, 4.69) is 0 Å². The van der Waals surface area contributed by atoms with Crippen molar-refractivity contribution in [3.8, 4) is 5.75 Å². The molecule has 0 aliphatic rings. The summed E-state index contributed by atoms with van der Waals surface area (Å²) < 4.78 is 10.6. The Kier molecular flexibility index (Phi) is 4.77. The smallest absolute Gasteiger partial charge is 0.122 e. The third-order valence-corrected chi connectivity index (χ3v) is 3.37. The minimum absolute atomic E-state index is 0.231. The maximum atomic E-state index is 11.0. The third kappa shape index (κ3) is 3.18. The molecular formula is C17H20O3. The highest BCUT2D eigenvalue weighted by Crippen LogP contribution is 2.30. The Bertz CT molecular complexity index is 539. The highest BCUT2D eigenvalue weighted by molar-refractivity contribution is 5.36. The Morgan fingerprint density at radius 2 is 1.60 bits per heavy atom. The van der Waals surface area contributed by atoms with Crippen molar-refractivity contribution >= 4 is 0 Å². The zero-order valence-electron chi connectivity index (χ0n) is 11.9. The average molecular weight is 272 g/mol. The standard InChI is InChI=1S/C17H20O3/c1-19-13-17(18,15-9-4-3-5-10-15)12-14-8-6-7-11-16(14)20-2/h3-11,18H,12-13H2,1-2H3. The zero-order valence-corrected chi connectivity index (χ0v) is 11.9. The van der Waals surface area contributed by atoms with Gasteiger partial charge in [-0.15, -0.1) is 0 Å². The molecule has 2 rings (SSSR count). The summed E-state index contributed by atoms with van der Waals surface area (Å²) >= 11 is 0. The van der Waals surface area contributed by atoms with Crippen molar-refractivity contribution in [3.63, 3.8) is 0 Å². The van der Waals surface area contributed by atoms with Crippen LogP contribution in [0, 0.1) is 0 Å². The minimum Gasteiger partial charge on any atom is -0.496 e. The lowest BCUT2D eigenvalue weighted by atomic mass is 9.87. The Labute approximate surface area is 119 Å². The van der Waals surface area contributed by atoms with Gasteiger partial charge in [0.05, 0.1) is 13.7 Å². The first-order chi connectivity index (χ1) is 9.69. The Hall–Kier alpha value is -1.84. The van der Waals surface area contributed by atoms with Crippen molar-refractivity contribution in [1.82, 2.24) is 0 Å². The Morgan fingerprint density at radius 1 is 0.950 bits per heavy atom. The van der Waals surface area contributed by atoms with Gasteiger partial charge in [0.2, 0.25) is 0 Å². The van der Waals surface area contributed by atoms with Gasteiger partial charge in [-0.3, -0.25) is 0 Å². The highest BCUT2D eigenvalue weighted by atomic mass is 16.5. The summed E-state index contributed by atoms with van der Waals surface area (Å²) in [6.45, 7) is 0.231. The first-order valence-corrected chi connectivity index (χ1v) is 6.58. The zero-order chi connectivity index (χ0) is 14.4. The molecule has 0 saturated heterocycles. The van der Waals surface area contributed by atoms with Gasteiger partial charge in [-0.05, 0) is 17.2 Å². The van der Waals surface area contributed by atoms with Crippen molar-refractivity contribution in [2.24, 2.45) is 0 Å². The van der Waals surface area contributed by atoms with Gasteiger partial charge in [-0.1, -0.05) is 48.5 Å². The summed E-state index contributed by atoms with van der Waals surface area (Å²) in [7, 11) is 3.23. The van der Waals surface area contributed by atoms with Gasteiger partial charge in [0.15, 0.2) is 0 Å². The van der Waals surface area contributed by atoms with Gasteiger partial charge >= 0.3 is 0 Å². The second kappa shape index (κ2) is 6.55. The number of hydrogen-bond donors (Lipinski definition) is 1. The van der Waals surface area contributed by atoms with E-state index >= 15 is 0 Å². The van der Waals surface area contributed by atoms with Crippen LogP contribution in [-0.4, -0.2) is 25.9 Å². The van der Waals surface area contributed by atoms with Gasteiger partial charge in [-0.25, -0.2) is 0 Å². The summed E-state index contributed by atoms with van der Waals surface area (Å²) in [6, 6.07) is 17.3. The van der Waals surface area contributed by atoms with Gasteiger partial charge in [0.25, 0.3) is 0 Å². The lowest BCUT2D eigenvalue weighted by Gasteiger charge is -2.28. The molecule has 1 atom stereocenters. The molecule has 0 radical (unpaired) electrons. The van der Waals surface area contributed by atoms with E-state index in [0.717, 1.165) is 16.9 Å². The molecular weight excluding hydrogens is 252 g/mol. The second-order valence-electron chi connectivity index (χ2n) is 4.82. The van der Waals surface area contributed by atoms with E-state index in [9.17, 15) is 5.11 Å². The lowest BCUT2D eigenvalue weighted by Crippen LogP contribution is -2.34. The number of benzene rings is 2. The van der Waals surface area contributed by atoms with E-state index in [-0.39, 0.29) is 6.61 Å². The van der Waals surface area contributed by atoms with Crippen molar-refractivity contribution in [1.29, 1.82) is 0 Å². The van der Waals surface area contributed by atoms with E-state index in [1.165, 1.54) is 0 Å². The molecule has 2 aromatic rings. The number of para-hydroxylation sites is 1. The predicted octanol–water partition coefficient (Wildman–Crippen LogP) is 2.77. The topological polar surface area (TPSA) is 38.7 Å². The molecule has 0 aliphatic heterocycles. The van der Waals surface area contributed by atoms with Crippen molar-refractivity contribution in [3.05, 3.63) is 65.7 Å². The van der Waals surface area contributed by atoms with Gasteiger partial charge in [-0.2, -0.15) is 0 Å². The first-order valence-electron chi connectivity index (χ1n) is 6.58. The minimum atomic E-state index is -1.06. The van der Waals surface area contributed by atoms with Gasteiger partial charge < -0.3 is 14.6 Å². The van der Waals surface area contributed by atoms with E-state index in [1.54, 1.807) is 14.2 Å². The van der Waals surface area contributed by atoms with Crippen LogP contribution in [0.4, 0.5) is 0 Å². The normalized spacial score (nSPS) is 13.8. The molecule has 1 N–H and O–H groups in total.